The van der Waals surface area contributed by atoms with Crippen LogP contribution in [0.15, 0.2) is 0 Å². The fourth-order valence-electron chi connectivity index (χ4n) is 1.34. The first-order valence-corrected chi connectivity index (χ1v) is 8.03. The van der Waals surface area contributed by atoms with Gasteiger partial charge in [-0.05, 0) is 12.5 Å². The third-order valence-electron chi connectivity index (χ3n) is 2.28. The van der Waals surface area contributed by atoms with Crippen LogP contribution in [0.4, 0.5) is 0 Å². The van der Waals surface area contributed by atoms with Crippen LogP contribution in [0.5, 0.6) is 0 Å². The molecule has 0 aromatic heterocycles. The molecule has 0 aliphatic rings. The first-order chi connectivity index (χ1) is 8.41. The van der Waals surface area contributed by atoms with E-state index < -0.39 is 0 Å². The van der Waals surface area contributed by atoms with Crippen LogP contribution in [0.2, 0.25) is 6.04 Å². The third-order valence-corrected chi connectivity index (χ3v) is 3.25. The SMILES string of the molecule is CCCCCC[Si]OCCOCCOCCC. The van der Waals surface area contributed by atoms with Crippen LogP contribution in [-0.2, 0) is 13.9 Å². The summed E-state index contributed by atoms with van der Waals surface area (Å²) in [6.45, 7) is 7.98. The highest BCUT2D eigenvalue weighted by molar-refractivity contribution is 6.26. The molecule has 0 fully saturated rings. The molecule has 0 amide bonds. The normalized spacial score (nSPS) is 10.9. The van der Waals surface area contributed by atoms with Crippen molar-refractivity contribution in [3.8, 4) is 0 Å². The molecular formula is C13H28O3Si. The molecule has 0 rings (SSSR count). The lowest BCUT2D eigenvalue weighted by Crippen LogP contribution is -2.11. The summed E-state index contributed by atoms with van der Waals surface area (Å²) in [6.07, 6.45) is 6.38. The molecule has 0 N–H and O–H groups in total. The van der Waals surface area contributed by atoms with E-state index in [2.05, 4.69) is 13.8 Å². The van der Waals surface area contributed by atoms with Crippen molar-refractivity contribution in [1.82, 2.24) is 0 Å². The van der Waals surface area contributed by atoms with E-state index in [1.54, 1.807) is 0 Å². The molecule has 0 saturated carbocycles. The summed E-state index contributed by atoms with van der Waals surface area (Å²) < 4.78 is 16.2. The van der Waals surface area contributed by atoms with Gasteiger partial charge in [-0.1, -0.05) is 39.5 Å². The van der Waals surface area contributed by atoms with E-state index in [9.17, 15) is 0 Å². The van der Waals surface area contributed by atoms with Crippen molar-refractivity contribution in [2.45, 2.75) is 52.0 Å². The number of rotatable bonds is 14. The van der Waals surface area contributed by atoms with Gasteiger partial charge in [0.1, 0.15) is 0 Å². The second-order valence-corrected chi connectivity index (χ2v) is 5.11. The molecule has 0 aliphatic carbocycles. The summed E-state index contributed by atoms with van der Waals surface area (Å²) in [5.74, 6) is 0. The molecule has 0 aromatic carbocycles. The molecule has 0 aromatic rings. The van der Waals surface area contributed by atoms with Crippen LogP contribution in [0.25, 0.3) is 0 Å². The van der Waals surface area contributed by atoms with Crippen LogP contribution in [-0.4, -0.2) is 42.8 Å². The summed E-state index contributed by atoms with van der Waals surface area (Å²) in [4.78, 5) is 0. The van der Waals surface area contributed by atoms with Crippen molar-refractivity contribution in [2.75, 3.05) is 33.0 Å². The van der Waals surface area contributed by atoms with E-state index in [1.807, 2.05) is 0 Å². The van der Waals surface area contributed by atoms with Crippen LogP contribution >= 0.6 is 0 Å². The van der Waals surface area contributed by atoms with E-state index >= 15 is 0 Å². The minimum atomic E-state index is 0.644. The molecular weight excluding hydrogens is 232 g/mol. The lowest BCUT2D eigenvalue weighted by Gasteiger charge is -2.05. The molecule has 3 nitrogen and oxygen atoms in total. The van der Waals surface area contributed by atoms with Gasteiger partial charge in [-0.25, -0.2) is 0 Å². The molecule has 0 atom stereocenters. The molecule has 2 radical (unpaired) electrons. The molecule has 0 spiro atoms. The second kappa shape index (κ2) is 16.1. The summed E-state index contributed by atoms with van der Waals surface area (Å²) in [6, 6.07) is 1.21. The van der Waals surface area contributed by atoms with Crippen molar-refractivity contribution in [2.24, 2.45) is 0 Å². The van der Waals surface area contributed by atoms with Gasteiger partial charge in [0, 0.05) is 6.61 Å². The van der Waals surface area contributed by atoms with Crippen molar-refractivity contribution >= 4 is 9.76 Å². The van der Waals surface area contributed by atoms with Crippen molar-refractivity contribution in [1.29, 1.82) is 0 Å². The van der Waals surface area contributed by atoms with Gasteiger partial charge in [-0.3, -0.25) is 0 Å². The third kappa shape index (κ3) is 16.1. The van der Waals surface area contributed by atoms with Crippen molar-refractivity contribution in [3.63, 3.8) is 0 Å². The fraction of sp³-hybridized carbons (Fsp3) is 1.00. The Bertz CT molecular complexity index is 120. The van der Waals surface area contributed by atoms with Crippen LogP contribution in [0.3, 0.4) is 0 Å². The number of unbranched alkanes of at least 4 members (excludes halogenated alkanes) is 3. The van der Waals surface area contributed by atoms with Crippen molar-refractivity contribution in [3.05, 3.63) is 0 Å². The zero-order valence-corrected chi connectivity index (χ0v) is 12.5. The average molecular weight is 260 g/mol. The molecule has 102 valence electrons. The van der Waals surface area contributed by atoms with Gasteiger partial charge in [0.25, 0.3) is 0 Å². The van der Waals surface area contributed by atoms with Gasteiger partial charge in [-0.2, -0.15) is 0 Å². The zero-order chi connectivity index (χ0) is 12.6. The van der Waals surface area contributed by atoms with Gasteiger partial charge in [0.05, 0.1) is 26.4 Å². The highest BCUT2D eigenvalue weighted by Crippen LogP contribution is 2.02. The second-order valence-electron chi connectivity index (χ2n) is 4.03. The van der Waals surface area contributed by atoms with Gasteiger partial charge in [0.2, 0.25) is 9.76 Å². The maximum atomic E-state index is 5.50. The summed E-state index contributed by atoms with van der Waals surface area (Å²) in [5, 5.41) is 0. The largest absolute Gasteiger partial charge is 0.415 e. The Hall–Kier alpha value is 0.0969. The molecule has 0 aliphatic heterocycles. The van der Waals surface area contributed by atoms with Gasteiger partial charge in [0.15, 0.2) is 0 Å². The predicted octanol–water partition coefficient (Wildman–Crippen LogP) is 3.06. The van der Waals surface area contributed by atoms with Gasteiger partial charge < -0.3 is 13.9 Å². The Kier molecular flexibility index (Phi) is 16.2. The Morgan fingerprint density at radius 2 is 1.41 bits per heavy atom. The first kappa shape index (κ1) is 17.1. The first-order valence-electron chi connectivity index (χ1n) is 6.92. The smallest absolute Gasteiger partial charge is 0.229 e. The summed E-state index contributed by atoms with van der Waals surface area (Å²) in [7, 11) is 0.644. The van der Waals surface area contributed by atoms with Crippen LogP contribution < -0.4 is 0 Å². The highest BCUT2D eigenvalue weighted by Gasteiger charge is 1.94. The lowest BCUT2D eigenvalue weighted by atomic mass is 10.2. The van der Waals surface area contributed by atoms with E-state index in [-0.39, 0.29) is 0 Å². The predicted molar refractivity (Wildman–Crippen MR) is 72.6 cm³/mol. The molecule has 17 heavy (non-hydrogen) atoms. The van der Waals surface area contributed by atoms with Crippen LogP contribution in [0, 0.1) is 0 Å². The molecule has 0 saturated heterocycles. The number of hydrogen-bond acceptors (Lipinski definition) is 3. The molecule has 0 bridgehead atoms. The Morgan fingerprint density at radius 3 is 2.12 bits per heavy atom. The molecule has 0 unspecified atom stereocenters. The Morgan fingerprint density at radius 1 is 0.706 bits per heavy atom. The van der Waals surface area contributed by atoms with E-state index in [4.69, 9.17) is 13.9 Å². The average Bonchev–Trinajstić information content (AvgIpc) is 2.35. The van der Waals surface area contributed by atoms with Crippen LogP contribution in [0.1, 0.15) is 46.0 Å². The number of hydrogen-bond donors (Lipinski definition) is 0. The van der Waals surface area contributed by atoms with E-state index in [1.165, 1.54) is 31.7 Å². The van der Waals surface area contributed by atoms with Crippen molar-refractivity contribution < 1.29 is 13.9 Å². The summed E-state index contributed by atoms with van der Waals surface area (Å²) >= 11 is 0. The monoisotopic (exact) mass is 260 g/mol. The van der Waals surface area contributed by atoms with Gasteiger partial charge >= 0.3 is 0 Å². The topological polar surface area (TPSA) is 27.7 Å². The van der Waals surface area contributed by atoms with E-state index in [0.29, 0.717) is 29.6 Å². The minimum absolute atomic E-state index is 0.644. The maximum absolute atomic E-state index is 5.50. The fourth-order valence-corrected chi connectivity index (χ4v) is 2.10. The van der Waals surface area contributed by atoms with Gasteiger partial charge in [-0.15, -0.1) is 0 Å². The Balaban J connectivity index is 2.85. The molecule has 4 heteroatoms. The van der Waals surface area contributed by atoms with E-state index in [0.717, 1.165) is 19.6 Å². The standard InChI is InChI=1S/C13H28O3Si/c1-3-5-6-7-13-17-16-12-11-15-10-9-14-8-4-2/h3-13H2,1-2H3. The number of ether oxygens (including phenoxy) is 2. The Labute approximate surface area is 109 Å². The highest BCUT2D eigenvalue weighted by atomic mass is 28.2. The minimum Gasteiger partial charge on any atom is -0.415 e. The maximum Gasteiger partial charge on any atom is 0.229 e. The zero-order valence-electron chi connectivity index (χ0n) is 11.5. The summed E-state index contributed by atoms with van der Waals surface area (Å²) in [5.41, 5.74) is 0. The quantitative estimate of drug-likeness (QED) is 0.355. The molecule has 0 heterocycles. The lowest BCUT2D eigenvalue weighted by molar-refractivity contribution is 0.0369.